The first-order chi connectivity index (χ1) is 11.9. The van der Waals surface area contributed by atoms with Crippen molar-refractivity contribution in [2.75, 3.05) is 13.7 Å². The van der Waals surface area contributed by atoms with E-state index in [1.807, 2.05) is 13.0 Å². The lowest BCUT2D eigenvalue weighted by Gasteiger charge is -2.10. The molecule has 0 unspecified atom stereocenters. The maximum Gasteiger partial charge on any atom is 0.434 e. The number of halogens is 3. The zero-order chi connectivity index (χ0) is 18.3. The van der Waals surface area contributed by atoms with Gasteiger partial charge in [-0.25, -0.2) is 15.0 Å². The summed E-state index contributed by atoms with van der Waals surface area (Å²) in [6, 6.07) is 3.58. The van der Waals surface area contributed by atoms with Gasteiger partial charge in [0, 0.05) is 24.2 Å². The molecule has 0 fully saturated rings. The number of aliphatic imine (C=N–C) groups is 1. The Labute approximate surface area is 147 Å². The average Bonchev–Trinajstić information content (AvgIpc) is 3.07. The Bertz CT molecular complexity index is 717. The van der Waals surface area contributed by atoms with Crippen molar-refractivity contribution >= 4 is 17.3 Å². The zero-order valence-corrected chi connectivity index (χ0v) is 14.5. The molecule has 2 heterocycles. The SMILES string of the molecule is CCNC(=NCc1ccnc(OC)c1)NCc1nc(C(F)(F)F)cs1. The van der Waals surface area contributed by atoms with Gasteiger partial charge in [-0.3, -0.25) is 0 Å². The van der Waals surface area contributed by atoms with Gasteiger partial charge >= 0.3 is 6.18 Å². The molecule has 25 heavy (non-hydrogen) atoms. The number of aromatic nitrogens is 2. The van der Waals surface area contributed by atoms with Crippen molar-refractivity contribution in [3.8, 4) is 5.88 Å². The normalized spacial score (nSPS) is 12.1. The highest BCUT2D eigenvalue weighted by atomic mass is 32.1. The number of methoxy groups -OCH3 is 1. The Morgan fingerprint density at radius 2 is 2.16 bits per heavy atom. The summed E-state index contributed by atoms with van der Waals surface area (Å²) >= 11 is 0.955. The fourth-order valence-corrected chi connectivity index (χ4v) is 2.59. The molecule has 10 heteroatoms. The smallest absolute Gasteiger partial charge is 0.434 e. The topological polar surface area (TPSA) is 71.4 Å². The first kappa shape index (κ1) is 19.0. The second-order valence-electron chi connectivity index (χ2n) is 4.88. The van der Waals surface area contributed by atoms with Gasteiger partial charge in [-0.2, -0.15) is 13.2 Å². The molecule has 0 spiro atoms. The van der Waals surface area contributed by atoms with E-state index in [1.54, 1.807) is 12.3 Å². The molecule has 2 rings (SSSR count). The molecule has 0 radical (unpaired) electrons. The molecular formula is C15H18F3N5OS. The summed E-state index contributed by atoms with van der Waals surface area (Å²) in [7, 11) is 1.53. The van der Waals surface area contributed by atoms with Crippen molar-refractivity contribution in [3.63, 3.8) is 0 Å². The monoisotopic (exact) mass is 373 g/mol. The third-order valence-electron chi connectivity index (χ3n) is 3.02. The van der Waals surface area contributed by atoms with Gasteiger partial charge in [0.1, 0.15) is 5.01 Å². The standard InChI is InChI=1S/C15H18F3N5OS/c1-3-19-14(21-7-10-4-5-20-12(6-10)24-2)22-8-13-23-11(9-25-13)15(16,17)18/h4-6,9H,3,7-8H2,1-2H3,(H2,19,21,22). The van der Waals surface area contributed by atoms with Gasteiger partial charge in [0.15, 0.2) is 11.7 Å². The second-order valence-corrected chi connectivity index (χ2v) is 5.82. The number of thiazole rings is 1. The van der Waals surface area contributed by atoms with E-state index in [-0.39, 0.29) is 6.54 Å². The highest BCUT2D eigenvalue weighted by molar-refractivity contribution is 7.09. The van der Waals surface area contributed by atoms with Crippen LogP contribution in [0.25, 0.3) is 0 Å². The number of ether oxygens (including phenoxy) is 1. The Morgan fingerprint density at radius 1 is 1.36 bits per heavy atom. The summed E-state index contributed by atoms with van der Waals surface area (Å²) in [5.41, 5.74) is 0.0257. The second kappa shape index (κ2) is 8.65. The lowest BCUT2D eigenvalue weighted by molar-refractivity contribution is -0.140. The number of hydrogen-bond donors (Lipinski definition) is 2. The van der Waals surface area contributed by atoms with Gasteiger partial charge in [0.2, 0.25) is 5.88 Å². The van der Waals surface area contributed by atoms with Crippen molar-refractivity contribution in [2.45, 2.75) is 26.2 Å². The molecule has 0 bridgehead atoms. The molecule has 0 saturated carbocycles. The molecule has 0 aromatic carbocycles. The molecule has 2 aromatic heterocycles. The van der Waals surface area contributed by atoms with Crippen LogP contribution in [-0.4, -0.2) is 29.6 Å². The molecule has 2 N–H and O–H groups in total. The summed E-state index contributed by atoms with van der Waals surface area (Å²) in [5.74, 6) is 0.982. The van der Waals surface area contributed by atoms with Crippen LogP contribution in [0.4, 0.5) is 13.2 Å². The Morgan fingerprint density at radius 3 is 2.80 bits per heavy atom. The number of pyridine rings is 1. The van der Waals surface area contributed by atoms with E-state index in [2.05, 4.69) is 25.6 Å². The van der Waals surface area contributed by atoms with Gasteiger partial charge in [-0.15, -0.1) is 11.3 Å². The number of alkyl halides is 3. The van der Waals surface area contributed by atoms with Gasteiger partial charge in [0.05, 0.1) is 20.2 Å². The predicted molar refractivity (Wildman–Crippen MR) is 89.6 cm³/mol. The highest BCUT2D eigenvalue weighted by Gasteiger charge is 2.33. The summed E-state index contributed by atoms with van der Waals surface area (Å²) < 4.78 is 42.7. The van der Waals surface area contributed by atoms with Crippen LogP contribution in [0.15, 0.2) is 28.7 Å². The molecule has 6 nitrogen and oxygen atoms in total. The quantitative estimate of drug-likeness (QED) is 0.602. The predicted octanol–water partition coefficient (Wildman–Crippen LogP) is 2.82. The van der Waals surface area contributed by atoms with Crippen molar-refractivity contribution in [1.82, 2.24) is 20.6 Å². The van der Waals surface area contributed by atoms with Crippen molar-refractivity contribution < 1.29 is 17.9 Å². The first-order valence-corrected chi connectivity index (χ1v) is 8.33. The van der Waals surface area contributed by atoms with Gasteiger partial charge in [0.25, 0.3) is 0 Å². The van der Waals surface area contributed by atoms with Crippen LogP contribution in [0, 0.1) is 0 Å². The third-order valence-corrected chi connectivity index (χ3v) is 3.87. The summed E-state index contributed by atoms with van der Waals surface area (Å²) in [6.07, 6.45) is -2.80. The molecule has 0 aliphatic heterocycles. The van der Waals surface area contributed by atoms with E-state index < -0.39 is 11.9 Å². The molecule has 0 aliphatic carbocycles. The largest absolute Gasteiger partial charge is 0.481 e. The number of nitrogens with zero attached hydrogens (tertiary/aromatic N) is 3. The van der Waals surface area contributed by atoms with Gasteiger partial charge < -0.3 is 15.4 Å². The highest BCUT2D eigenvalue weighted by Crippen LogP contribution is 2.29. The van der Waals surface area contributed by atoms with Crippen LogP contribution < -0.4 is 15.4 Å². The Balaban J connectivity index is 1.98. The maximum atomic E-state index is 12.6. The zero-order valence-electron chi connectivity index (χ0n) is 13.7. The molecular weight excluding hydrogens is 355 g/mol. The number of nitrogens with one attached hydrogen (secondary N) is 2. The lowest BCUT2D eigenvalue weighted by Crippen LogP contribution is -2.36. The van der Waals surface area contributed by atoms with E-state index in [0.29, 0.717) is 29.9 Å². The van der Waals surface area contributed by atoms with E-state index in [4.69, 9.17) is 4.74 Å². The van der Waals surface area contributed by atoms with E-state index in [1.165, 1.54) is 7.11 Å². The van der Waals surface area contributed by atoms with Crippen molar-refractivity contribution in [1.29, 1.82) is 0 Å². The Hall–Kier alpha value is -2.36. The van der Waals surface area contributed by atoms with Gasteiger partial charge in [-0.1, -0.05) is 0 Å². The number of hydrogen-bond acceptors (Lipinski definition) is 5. The first-order valence-electron chi connectivity index (χ1n) is 7.45. The summed E-state index contributed by atoms with van der Waals surface area (Å²) in [4.78, 5) is 12.0. The Kier molecular flexibility index (Phi) is 6.57. The average molecular weight is 373 g/mol. The molecule has 0 amide bonds. The van der Waals surface area contributed by atoms with Crippen LogP contribution in [-0.2, 0) is 19.3 Å². The minimum Gasteiger partial charge on any atom is -0.481 e. The van der Waals surface area contributed by atoms with Gasteiger partial charge in [-0.05, 0) is 18.6 Å². The molecule has 0 aliphatic rings. The lowest BCUT2D eigenvalue weighted by atomic mass is 10.3. The fraction of sp³-hybridized carbons (Fsp3) is 0.400. The van der Waals surface area contributed by atoms with Crippen molar-refractivity contribution in [3.05, 3.63) is 40.0 Å². The minimum absolute atomic E-state index is 0.159. The van der Waals surface area contributed by atoms with Crippen LogP contribution in [0.2, 0.25) is 0 Å². The molecule has 2 aromatic rings. The fourth-order valence-electron chi connectivity index (χ4n) is 1.85. The number of guanidine groups is 1. The van der Waals surface area contributed by atoms with Crippen LogP contribution in [0.1, 0.15) is 23.2 Å². The van der Waals surface area contributed by atoms with Crippen LogP contribution >= 0.6 is 11.3 Å². The van der Waals surface area contributed by atoms with Crippen molar-refractivity contribution in [2.24, 2.45) is 4.99 Å². The molecule has 0 atom stereocenters. The van der Waals surface area contributed by atoms with E-state index in [0.717, 1.165) is 22.3 Å². The maximum absolute atomic E-state index is 12.6. The molecule has 136 valence electrons. The summed E-state index contributed by atoms with van der Waals surface area (Å²) in [5, 5.41) is 7.35. The molecule has 0 saturated heterocycles. The van der Waals surface area contributed by atoms with E-state index >= 15 is 0 Å². The number of rotatable bonds is 6. The van der Waals surface area contributed by atoms with E-state index in [9.17, 15) is 13.2 Å². The third kappa shape index (κ3) is 5.89. The van der Waals surface area contributed by atoms with Crippen LogP contribution in [0.3, 0.4) is 0 Å². The summed E-state index contributed by atoms with van der Waals surface area (Å²) in [6.45, 7) is 3.06. The minimum atomic E-state index is -4.42. The van der Waals surface area contributed by atoms with Crippen LogP contribution in [0.5, 0.6) is 5.88 Å².